The Bertz CT molecular complexity index is 1300. The summed E-state index contributed by atoms with van der Waals surface area (Å²) >= 11 is 1.71. The van der Waals surface area contributed by atoms with Crippen LogP contribution in [0.1, 0.15) is 18.4 Å². The highest BCUT2D eigenvalue weighted by Crippen LogP contribution is 2.32. The van der Waals surface area contributed by atoms with Gasteiger partial charge in [0.05, 0.1) is 16.6 Å². The molecule has 0 unspecified atom stereocenters. The molecule has 154 valence electrons. The molecule has 5 heteroatoms. The van der Waals surface area contributed by atoms with Gasteiger partial charge in [0.15, 0.2) is 5.65 Å². The number of thioether (sulfide) groups is 1. The summed E-state index contributed by atoms with van der Waals surface area (Å²) < 4.78 is 7.99. The molecule has 0 atom stereocenters. The Morgan fingerprint density at radius 2 is 1.71 bits per heavy atom. The maximum Gasteiger partial charge on any atom is 0.263 e. The van der Waals surface area contributed by atoms with Crippen LogP contribution in [0.4, 0.5) is 0 Å². The number of aromatic nitrogens is 2. The van der Waals surface area contributed by atoms with Gasteiger partial charge >= 0.3 is 0 Å². The standard InChI is InChI=1S/C26H22N2O2S/c29-26-23-14-7-9-19(18-31-21-12-5-2-6-13-21)17-30-24(23)22-15-8-16-27-25(22)28(26)20-10-3-1-4-11-20/h1-6,8,10-13,15-16,18H,7,9,14,17H2/b19-18-. The summed E-state index contributed by atoms with van der Waals surface area (Å²) in [5, 5.41) is 3.06. The Balaban J connectivity index is 1.55. The van der Waals surface area contributed by atoms with Gasteiger partial charge in [-0.05, 0) is 66.6 Å². The molecule has 0 N–H and O–H groups in total. The lowest BCUT2D eigenvalue weighted by Gasteiger charge is -2.21. The molecule has 1 aliphatic rings. The van der Waals surface area contributed by atoms with Crippen molar-refractivity contribution >= 4 is 22.8 Å². The molecule has 2 aromatic carbocycles. The first-order valence-corrected chi connectivity index (χ1v) is 11.3. The molecule has 0 saturated heterocycles. The first-order valence-electron chi connectivity index (χ1n) is 10.4. The highest BCUT2D eigenvalue weighted by molar-refractivity contribution is 8.02. The maximum atomic E-state index is 13.5. The number of hydrogen-bond acceptors (Lipinski definition) is 4. The van der Waals surface area contributed by atoms with Gasteiger partial charge in [-0.2, -0.15) is 0 Å². The van der Waals surface area contributed by atoms with Crippen LogP contribution in [0.3, 0.4) is 0 Å². The Morgan fingerprint density at radius 1 is 0.935 bits per heavy atom. The number of benzene rings is 2. The van der Waals surface area contributed by atoms with Crippen molar-refractivity contribution in [2.24, 2.45) is 0 Å². The zero-order valence-electron chi connectivity index (χ0n) is 17.0. The molecule has 4 aromatic rings. The molecule has 4 nitrogen and oxygen atoms in total. The summed E-state index contributed by atoms with van der Waals surface area (Å²) in [6, 6.07) is 23.9. The molecule has 0 radical (unpaired) electrons. The quantitative estimate of drug-likeness (QED) is 0.390. The molecule has 31 heavy (non-hydrogen) atoms. The molecule has 0 amide bonds. The van der Waals surface area contributed by atoms with Crippen LogP contribution in [0.15, 0.2) is 99.7 Å². The molecule has 1 aliphatic heterocycles. The van der Waals surface area contributed by atoms with Gasteiger partial charge in [0.2, 0.25) is 0 Å². The Labute approximate surface area is 185 Å². The minimum Gasteiger partial charge on any atom is -0.488 e. The molecule has 0 fully saturated rings. The minimum atomic E-state index is -0.0431. The smallest absolute Gasteiger partial charge is 0.263 e. The number of rotatable bonds is 3. The predicted molar refractivity (Wildman–Crippen MR) is 126 cm³/mol. The second kappa shape index (κ2) is 8.82. The molecular weight excluding hydrogens is 404 g/mol. The number of fused-ring (bicyclic) bond motifs is 3. The van der Waals surface area contributed by atoms with Crippen LogP contribution in [0, 0.1) is 0 Å². The number of para-hydroxylation sites is 1. The van der Waals surface area contributed by atoms with E-state index in [1.54, 1.807) is 22.5 Å². The van der Waals surface area contributed by atoms with Crippen LogP contribution < -0.4 is 10.3 Å². The molecule has 0 aliphatic carbocycles. The second-order valence-electron chi connectivity index (χ2n) is 7.51. The van der Waals surface area contributed by atoms with Crippen LogP contribution in [-0.4, -0.2) is 16.2 Å². The van der Waals surface area contributed by atoms with Gasteiger partial charge in [-0.3, -0.25) is 9.36 Å². The third-order valence-corrected chi connectivity index (χ3v) is 6.42. The third-order valence-electron chi connectivity index (χ3n) is 5.42. The molecular formula is C26H22N2O2S. The van der Waals surface area contributed by atoms with Gasteiger partial charge in [0.25, 0.3) is 5.56 Å². The summed E-state index contributed by atoms with van der Waals surface area (Å²) in [4.78, 5) is 19.3. The first kappa shape index (κ1) is 19.6. The largest absolute Gasteiger partial charge is 0.488 e. The molecule has 3 heterocycles. The fourth-order valence-electron chi connectivity index (χ4n) is 3.92. The normalized spacial score (nSPS) is 15.2. The van der Waals surface area contributed by atoms with Gasteiger partial charge in [-0.1, -0.05) is 48.2 Å². The number of nitrogens with zero attached hydrogens (tertiary/aromatic N) is 2. The Morgan fingerprint density at radius 3 is 2.52 bits per heavy atom. The van der Waals surface area contributed by atoms with Crippen LogP contribution in [-0.2, 0) is 6.42 Å². The number of ether oxygens (including phenoxy) is 1. The summed E-state index contributed by atoms with van der Waals surface area (Å²) in [6.45, 7) is 0.478. The van der Waals surface area contributed by atoms with Gasteiger partial charge in [-0.15, -0.1) is 0 Å². The van der Waals surface area contributed by atoms with Gasteiger partial charge in [0.1, 0.15) is 12.4 Å². The summed E-state index contributed by atoms with van der Waals surface area (Å²) in [7, 11) is 0. The Kier molecular flexibility index (Phi) is 5.59. The molecule has 2 aromatic heterocycles. The molecule has 0 spiro atoms. The summed E-state index contributed by atoms with van der Waals surface area (Å²) in [5.41, 5.74) is 3.38. The van der Waals surface area contributed by atoms with Crippen molar-refractivity contribution in [1.82, 2.24) is 9.55 Å². The van der Waals surface area contributed by atoms with Crippen molar-refractivity contribution in [1.29, 1.82) is 0 Å². The monoisotopic (exact) mass is 426 g/mol. The van der Waals surface area contributed by atoms with Gasteiger partial charge in [-0.25, -0.2) is 4.98 Å². The van der Waals surface area contributed by atoms with E-state index in [-0.39, 0.29) is 5.56 Å². The van der Waals surface area contributed by atoms with Crippen LogP contribution in [0.25, 0.3) is 16.7 Å². The van der Waals surface area contributed by atoms with Crippen molar-refractivity contribution < 1.29 is 4.74 Å². The van der Waals surface area contributed by atoms with E-state index >= 15 is 0 Å². The lowest BCUT2D eigenvalue weighted by molar-refractivity contribution is 0.339. The van der Waals surface area contributed by atoms with Crippen molar-refractivity contribution in [3.63, 3.8) is 0 Å². The number of hydrogen-bond donors (Lipinski definition) is 0. The second-order valence-corrected chi connectivity index (χ2v) is 8.45. The fourth-order valence-corrected chi connectivity index (χ4v) is 4.72. The van der Waals surface area contributed by atoms with E-state index in [2.05, 4.69) is 22.5 Å². The first-order chi connectivity index (χ1) is 15.3. The maximum absolute atomic E-state index is 13.5. The average molecular weight is 427 g/mol. The minimum absolute atomic E-state index is 0.0431. The van der Waals surface area contributed by atoms with Crippen molar-refractivity contribution in [3.05, 3.63) is 106 Å². The Hall–Kier alpha value is -3.31. The number of pyridine rings is 2. The fraction of sp³-hybridized carbons (Fsp3) is 0.154. The highest BCUT2D eigenvalue weighted by atomic mass is 32.2. The zero-order valence-corrected chi connectivity index (χ0v) is 17.8. The van der Waals surface area contributed by atoms with Crippen molar-refractivity contribution in [2.75, 3.05) is 6.61 Å². The van der Waals surface area contributed by atoms with E-state index in [9.17, 15) is 4.79 Å². The van der Waals surface area contributed by atoms with Crippen LogP contribution in [0.2, 0.25) is 0 Å². The SMILES string of the molecule is O=c1c2c(c3cccnc3n1-c1ccccc1)OC/C(=C\Sc1ccccc1)CCC2. The predicted octanol–water partition coefficient (Wildman–Crippen LogP) is 5.78. The topological polar surface area (TPSA) is 44.1 Å². The highest BCUT2D eigenvalue weighted by Gasteiger charge is 2.21. The van der Waals surface area contributed by atoms with Crippen molar-refractivity contribution in [3.8, 4) is 11.4 Å². The summed E-state index contributed by atoms with van der Waals surface area (Å²) in [6.07, 6.45) is 4.22. The van der Waals surface area contributed by atoms with E-state index in [1.165, 1.54) is 10.5 Å². The molecule has 5 rings (SSSR count). The lowest BCUT2D eigenvalue weighted by Crippen LogP contribution is -2.26. The van der Waals surface area contributed by atoms with E-state index in [0.29, 0.717) is 24.4 Å². The van der Waals surface area contributed by atoms with E-state index in [1.807, 2.05) is 60.7 Å². The third kappa shape index (κ3) is 4.01. The van der Waals surface area contributed by atoms with Gasteiger partial charge in [0, 0.05) is 11.1 Å². The zero-order chi connectivity index (χ0) is 21.0. The van der Waals surface area contributed by atoms with E-state index < -0.39 is 0 Å². The van der Waals surface area contributed by atoms with E-state index in [4.69, 9.17) is 4.74 Å². The lowest BCUT2D eigenvalue weighted by atomic mass is 10.0. The van der Waals surface area contributed by atoms with Gasteiger partial charge < -0.3 is 4.74 Å². The van der Waals surface area contributed by atoms with Crippen LogP contribution >= 0.6 is 11.8 Å². The average Bonchev–Trinajstić information content (AvgIpc) is 2.80. The summed E-state index contributed by atoms with van der Waals surface area (Å²) in [5.74, 6) is 0.676. The van der Waals surface area contributed by atoms with E-state index in [0.717, 1.165) is 29.5 Å². The van der Waals surface area contributed by atoms with Crippen LogP contribution in [0.5, 0.6) is 5.75 Å². The molecule has 0 bridgehead atoms. The molecule has 0 saturated carbocycles. The van der Waals surface area contributed by atoms with Crippen molar-refractivity contribution in [2.45, 2.75) is 24.2 Å².